The maximum Gasteiger partial charge on any atom is 0.258 e. The van der Waals surface area contributed by atoms with Gasteiger partial charge in [0.15, 0.2) is 6.61 Å². The maximum absolute atomic E-state index is 11.5. The first-order valence-electron chi connectivity index (χ1n) is 5.58. The fraction of sp³-hybridized carbons (Fsp3) is 0.333. The minimum atomic E-state index is -0.116. The molecular weight excluding hydrogens is 316 g/mol. The molecule has 0 aliphatic heterocycles. The zero-order chi connectivity index (χ0) is 13.1. The van der Waals surface area contributed by atoms with E-state index in [9.17, 15) is 4.79 Å². The molecule has 0 heterocycles. The molecule has 0 unspecified atom stereocenters. The number of thiocarbonyl (C=S) groups is 1. The molecule has 1 saturated carbocycles. The molecule has 0 aromatic heterocycles. The molecule has 3 N–H and O–H groups in total. The molecule has 1 aromatic carbocycles. The normalized spacial score (nSPS) is 14.1. The third-order valence-electron chi connectivity index (χ3n) is 2.51. The van der Waals surface area contributed by atoms with Crippen LogP contribution in [-0.2, 0) is 4.79 Å². The Morgan fingerprint density at radius 1 is 1.56 bits per heavy atom. The molecule has 96 valence electrons. The molecule has 1 aliphatic rings. The highest BCUT2D eigenvalue weighted by Gasteiger charge is 2.23. The van der Waals surface area contributed by atoms with Gasteiger partial charge in [0.2, 0.25) is 0 Å². The summed E-state index contributed by atoms with van der Waals surface area (Å²) in [7, 11) is 0. The Morgan fingerprint density at radius 3 is 2.89 bits per heavy atom. The van der Waals surface area contributed by atoms with Crippen molar-refractivity contribution in [2.75, 3.05) is 6.61 Å². The molecule has 18 heavy (non-hydrogen) atoms. The van der Waals surface area contributed by atoms with Gasteiger partial charge in [0.05, 0.1) is 5.56 Å². The molecule has 0 saturated heterocycles. The van der Waals surface area contributed by atoms with Crippen molar-refractivity contribution < 1.29 is 9.53 Å². The van der Waals surface area contributed by atoms with Crippen LogP contribution in [-0.4, -0.2) is 23.5 Å². The number of carbonyl (C=O) groups is 1. The Morgan fingerprint density at radius 2 is 2.28 bits per heavy atom. The molecule has 0 radical (unpaired) electrons. The van der Waals surface area contributed by atoms with Gasteiger partial charge in [0.25, 0.3) is 5.91 Å². The predicted octanol–water partition coefficient (Wildman–Crippen LogP) is 1.74. The van der Waals surface area contributed by atoms with Crippen molar-refractivity contribution in [3.8, 4) is 5.75 Å². The molecular formula is C12H13BrN2O2S. The number of hydrogen-bond donors (Lipinski definition) is 2. The van der Waals surface area contributed by atoms with Gasteiger partial charge in [0.1, 0.15) is 10.7 Å². The number of nitrogens with one attached hydrogen (secondary N) is 1. The van der Waals surface area contributed by atoms with Crippen LogP contribution in [0.15, 0.2) is 22.7 Å². The van der Waals surface area contributed by atoms with E-state index in [0.29, 0.717) is 17.4 Å². The summed E-state index contributed by atoms with van der Waals surface area (Å²) >= 11 is 8.28. The first kappa shape index (κ1) is 13.3. The number of nitrogens with two attached hydrogens (primary N) is 1. The largest absolute Gasteiger partial charge is 0.483 e. The van der Waals surface area contributed by atoms with Gasteiger partial charge < -0.3 is 15.8 Å². The minimum Gasteiger partial charge on any atom is -0.483 e. The average molecular weight is 329 g/mol. The molecule has 1 aromatic rings. The lowest BCUT2D eigenvalue weighted by molar-refractivity contribution is -0.123. The second-order valence-corrected chi connectivity index (χ2v) is 5.49. The molecule has 1 aliphatic carbocycles. The van der Waals surface area contributed by atoms with E-state index in [-0.39, 0.29) is 17.5 Å². The van der Waals surface area contributed by atoms with Crippen LogP contribution in [0.3, 0.4) is 0 Å². The molecule has 2 rings (SSSR count). The number of ether oxygens (including phenoxy) is 1. The summed E-state index contributed by atoms with van der Waals surface area (Å²) in [5.41, 5.74) is 6.23. The van der Waals surface area contributed by atoms with Crippen molar-refractivity contribution in [1.29, 1.82) is 0 Å². The van der Waals surface area contributed by atoms with Crippen LogP contribution in [0.25, 0.3) is 0 Å². The van der Waals surface area contributed by atoms with Gasteiger partial charge in [-0.3, -0.25) is 4.79 Å². The molecule has 0 spiro atoms. The second-order valence-electron chi connectivity index (χ2n) is 4.14. The van der Waals surface area contributed by atoms with Gasteiger partial charge >= 0.3 is 0 Å². The molecule has 6 heteroatoms. The van der Waals surface area contributed by atoms with Crippen molar-refractivity contribution in [3.05, 3.63) is 28.2 Å². The number of halogens is 1. The van der Waals surface area contributed by atoms with E-state index in [2.05, 4.69) is 21.2 Å². The zero-order valence-corrected chi connectivity index (χ0v) is 12.0. The van der Waals surface area contributed by atoms with E-state index in [0.717, 1.165) is 17.3 Å². The SMILES string of the molecule is NC(=S)c1cc(Br)ccc1OCC(=O)NC1CC1. The number of amides is 1. The lowest BCUT2D eigenvalue weighted by Gasteiger charge is -2.11. The highest BCUT2D eigenvalue weighted by molar-refractivity contribution is 9.10. The van der Waals surface area contributed by atoms with Crippen LogP contribution < -0.4 is 15.8 Å². The van der Waals surface area contributed by atoms with E-state index >= 15 is 0 Å². The lowest BCUT2D eigenvalue weighted by Crippen LogP contribution is -2.30. The third-order valence-corrected chi connectivity index (χ3v) is 3.22. The summed E-state index contributed by atoms with van der Waals surface area (Å²) in [4.78, 5) is 11.7. The highest BCUT2D eigenvalue weighted by Crippen LogP contribution is 2.23. The lowest BCUT2D eigenvalue weighted by atomic mass is 10.2. The average Bonchev–Trinajstić information content (AvgIpc) is 3.11. The van der Waals surface area contributed by atoms with Crippen LogP contribution in [0.2, 0.25) is 0 Å². The van der Waals surface area contributed by atoms with Crippen LogP contribution in [0.1, 0.15) is 18.4 Å². The van der Waals surface area contributed by atoms with Gasteiger partial charge in [0, 0.05) is 10.5 Å². The van der Waals surface area contributed by atoms with Crippen molar-refractivity contribution in [1.82, 2.24) is 5.32 Å². The van der Waals surface area contributed by atoms with Crippen molar-refractivity contribution >= 4 is 39.0 Å². The maximum atomic E-state index is 11.5. The number of rotatable bonds is 5. The topological polar surface area (TPSA) is 64.3 Å². The second kappa shape index (κ2) is 5.67. The summed E-state index contributed by atoms with van der Waals surface area (Å²) in [6, 6.07) is 5.66. The van der Waals surface area contributed by atoms with Crippen molar-refractivity contribution in [3.63, 3.8) is 0 Å². The van der Waals surface area contributed by atoms with E-state index in [1.165, 1.54) is 0 Å². The standard InChI is InChI=1S/C12H13BrN2O2S/c13-7-1-4-10(9(5-7)12(14)18)17-6-11(16)15-8-2-3-8/h1,4-5,8H,2-3,6H2,(H2,14,18)(H,15,16). The summed E-state index contributed by atoms with van der Waals surface area (Å²) in [6.07, 6.45) is 2.12. The summed E-state index contributed by atoms with van der Waals surface area (Å²) in [5.74, 6) is 0.408. The predicted molar refractivity (Wildman–Crippen MR) is 76.7 cm³/mol. The Hall–Kier alpha value is -1.14. The van der Waals surface area contributed by atoms with Crippen molar-refractivity contribution in [2.45, 2.75) is 18.9 Å². The van der Waals surface area contributed by atoms with E-state index in [1.54, 1.807) is 12.1 Å². The minimum absolute atomic E-state index is 0.0201. The smallest absolute Gasteiger partial charge is 0.258 e. The quantitative estimate of drug-likeness (QED) is 0.808. The fourth-order valence-electron chi connectivity index (χ4n) is 1.46. The zero-order valence-electron chi connectivity index (χ0n) is 9.61. The first-order valence-corrected chi connectivity index (χ1v) is 6.78. The number of hydrogen-bond acceptors (Lipinski definition) is 3. The van der Waals surface area contributed by atoms with Crippen LogP contribution >= 0.6 is 28.1 Å². The molecule has 1 fully saturated rings. The highest BCUT2D eigenvalue weighted by atomic mass is 79.9. The number of benzene rings is 1. The molecule has 0 atom stereocenters. The van der Waals surface area contributed by atoms with Gasteiger partial charge in [-0.25, -0.2) is 0 Å². The Labute approximate surface area is 119 Å². The van der Waals surface area contributed by atoms with Gasteiger partial charge in [-0.05, 0) is 31.0 Å². The Bertz CT molecular complexity index is 489. The van der Waals surface area contributed by atoms with Gasteiger partial charge in [-0.1, -0.05) is 28.1 Å². The van der Waals surface area contributed by atoms with Crippen LogP contribution in [0.5, 0.6) is 5.75 Å². The van der Waals surface area contributed by atoms with E-state index < -0.39 is 0 Å². The van der Waals surface area contributed by atoms with E-state index in [1.807, 2.05) is 6.07 Å². The third kappa shape index (κ3) is 3.68. The first-order chi connectivity index (χ1) is 8.56. The van der Waals surface area contributed by atoms with Gasteiger partial charge in [-0.15, -0.1) is 0 Å². The molecule has 0 bridgehead atoms. The molecule has 1 amide bonds. The van der Waals surface area contributed by atoms with Crippen molar-refractivity contribution in [2.24, 2.45) is 5.73 Å². The van der Waals surface area contributed by atoms with Gasteiger partial charge in [-0.2, -0.15) is 0 Å². The monoisotopic (exact) mass is 328 g/mol. The molecule has 4 nitrogen and oxygen atoms in total. The fourth-order valence-corrected chi connectivity index (χ4v) is 1.98. The summed E-state index contributed by atoms with van der Waals surface area (Å²) < 4.78 is 6.30. The Balaban J connectivity index is 1.99. The summed E-state index contributed by atoms with van der Waals surface area (Å²) in [6.45, 7) is -0.0201. The number of carbonyl (C=O) groups excluding carboxylic acids is 1. The van der Waals surface area contributed by atoms with E-state index in [4.69, 9.17) is 22.7 Å². The Kier molecular flexibility index (Phi) is 4.19. The van der Waals surface area contributed by atoms with Crippen LogP contribution in [0.4, 0.5) is 0 Å². The summed E-state index contributed by atoms with van der Waals surface area (Å²) in [5, 5.41) is 2.85. The van der Waals surface area contributed by atoms with Crippen LogP contribution in [0, 0.1) is 0 Å².